The number of rotatable bonds is 1. The molecule has 84 valence electrons. The van der Waals surface area contributed by atoms with E-state index in [1.807, 2.05) is 0 Å². The number of alkyl halides is 3. The Hall–Kier alpha value is -1.01. The van der Waals surface area contributed by atoms with Crippen molar-refractivity contribution in [1.29, 1.82) is 0 Å². The van der Waals surface area contributed by atoms with Gasteiger partial charge in [0.25, 0.3) is 0 Å². The van der Waals surface area contributed by atoms with Crippen molar-refractivity contribution in [3.63, 3.8) is 0 Å². The van der Waals surface area contributed by atoms with Gasteiger partial charge in [-0.2, -0.15) is 13.2 Å². The first-order valence-corrected chi connectivity index (χ1v) is 4.56. The van der Waals surface area contributed by atoms with Gasteiger partial charge in [0.1, 0.15) is 11.9 Å². The molecule has 1 aromatic rings. The van der Waals surface area contributed by atoms with E-state index in [2.05, 4.69) is 5.32 Å². The third-order valence-electron chi connectivity index (χ3n) is 2.15. The lowest BCUT2D eigenvalue weighted by Crippen LogP contribution is -2.33. The summed E-state index contributed by atoms with van der Waals surface area (Å²) in [6, 6.07) is 2.23. The second-order valence-electron chi connectivity index (χ2n) is 3.26. The monoisotopic (exact) mass is 221 g/mol. The van der Waals surface area contributed by atoms with Gasteiger partial charge in [0.15, 0.2) is 0 Å². The summed E-state index contributed by atoms with van der Waals surface area (Å²) >= 11 is 0. The fourth-order valence-corrected chi connectivity index (χ4v) is 1.43. The van der Waals surface area contributed by atoms with E-state index in [4.69, 9.17) is 9.15 Å². The average Bonchev–Trinajstić information content (AvgIpc) is 2.67. The Labute approximate surface area is 84.2 Å². The molecule has 1 saturated heterocycles. The summed E-state index contributed by atoms with van der Waals surface area (Å²) in [6.45, 7) is 1.67. The lowest BCUT2D eigenvalue weighted by molar-refractivity contribution is -0.154. The van der Waals surface area contributed by atoms with Crippen LogP contribution in [-0.4, -0.2) is 19.7 Å². The van der Waals surface area contributed by atoms with Gasteiger partial charge in [0.05, 0.1) is 6.61 Å². The van der Waals surface area contributed by atoms with Crippen LogP contribution in [-0.2, 0) is 10.9 Å². The molecule has 0 saturated carbocycles. The summed E-state index contributed by atoms with van der Waals surface area (Å²) in [7, 11) is 0. The van der Waals surface area contributed by atoms with Gasteiger partial charge >= 0.3 is 6.18 Å². The number of ether oxygens (including phenoxy) is 1. The molecule has 15 heavy (non-hydrogen) atoms. The summed E-state index contributed by atoms with van der Waals surface area (Å²) in [5, 5.41) is 3.02. The number of furan rings is 1. The second-order valence-corrected chi connectivity index (χ2v) is 3.26. The van der Waals surface area contributed by atoms with Crippen molar-refractivity contribution in [2.45, 2.75) is 12.3 Å². The first-order chi connectivity index (χ1) is 7.07. The summed E-state index contributed by atoms with van der Waals surface area (Å²) < 4.78 is 46.6. The van der Waals surface area contributed by atoms with E-state index in [0.717, 1.165) is 6.07 Å². The highest BCUT2D eigenvalue weighted by atomic mass is 19.4. The first-order valence-electron chi connectivity index (χ1n) is 4.56. The molecular formula is C9H10F3NO2. The normalized spacial score (nSPS) is 23.0. The van der Waals surface area contributed by atoms with Gasteiger partial charge in [-0.25, -0.2) is 0 Å². The quantitative estimate of drug-likeness (QED) is 0.787. The Morgan fingerprint density at radius 2 is 2.13 bits per heavy atom. The van der Waals surface area contributed by atoms with Crippen LogP contribution in [0.25, 0.3) is 0 Å². The van der Waals surface area contributed by atoms with Crippen LogP contribution in [0.4, 0.5) is 13.2 Å². The average molecular weight is 221 g/mol. The number of halogens is 3. The van der Waals surface area contributed by atoms with Crippen molar-refractivity contribution >= 4 is 0 Å². The molecule has 0 aliphatic carbocycles. The predicted octanol–water partition coefficient (Wildman–Crippen LogP) is 1.96. The molecule has 1 N–H and O–H groups in total. The Morgan fingerprint density at radius 1 is 1.33 bits per heavy atom. The van der Waals surface area contributed by atoms with Crippen LogP contribution in [0.5, 0.6) is 0 Å². The van der Waals surface area contributed by atoms with Crippen LogP contribution in [0, 0.1) is 0 Å². The van der Waals surface area contributed by atoms with E-state index in [0.29, 0.717) is 19.7 Å². The molecule has 0 spiro atoms. The maximum atomic E-state index is 12.2. The zero-order chi connectivity index (χ0) is 10.9. The third-order valence-corrected chi connectivity index (χ3v) is 2.15. The Kier molecular flexibility index (Phi) is 2.70. The molecule has 1 fully saturated rings. The van der Waals surface area contributed by atoms with Crippen LogP contribution in [0.15, 0.2) is 16.5 Å². The van der Waals surface area contributed by atoms with Crippen molar-refractivity contribution in [2.24, 2.45) is 0 Å². The zero-order valence-corrected chi connectivity index (χ0v) is 7.80. The van der Waals surface area contributed by atoms with Gasteiger partial charge in [-0.05, 0) is 12.1 Å². The van der Waals surface area contributed by atoms with Gasteiger partial charge in [0, 0.05) is 13.1 Å². The molecule has 1 unspecified atom stereocenters. The van der Waals surface area contributed by atoms with Crippen molar-refractivity contribution in [1.82, 2.24) is 5.32 Å². The zero-order valence-electron chi connectivity index (χ0n) is 7.80. The van der Waals surface area contributed by atoms with Crippen molar-refractivity contribution in [3.8, 4) is 0 Å². The summed E-state index contributed by atoms with van der Waals surface area (Å²) in [5.41, 5.74) is 0. The van der Waals surface area contributed by atoms with Crippen LogP contribution < -0.4 is 5.32 Å². The van der Waals surface area contributed by atoms with Gasteiger partial charge < -0.3 is 14.5 Å². The van der Waals surface area contributed by atoms with E-state index in [9.17, 15) is 13.2 Å². The molecule has 3 nitrogen and oxygen atoms in total. The summed E-state index contributed by atoms with van der Waals surface area (Å²) in [4.78, 5) is 0. The molecule has 1 atom stereocenters. The van der Waals surface area contributed by atoms with E-state index in [1.54, 1.807) is 0 Å². The fourth-order valence-electron chi connectivity index (χ4n) is 1.43. The topological polar surface area (TPSA) is 34.4 Å². The molecule has 2 heterocycles. The van der Waals surface area contributed by atoms with Crippen LogP contribution in [0.2, 0.25) is 0 Å². The molecule has 1 aliphatic rings. The number of hydrogen-bond acceptors (Lipinski definition) is 3. The third kappa shape index (κ3) is 2.32. The Balaban J connectivity index is 2.12. The van der Waals surface area contributed by atoms with Crippen LogP contribution >= 0.6 is 0 Å². The van der Waals surface area contributed by atoms with Crippen molar-refractivity contribution < 1.29 is 22.3 Å². The molecule has 1 aromatic heterocycles. The largest absolute Gasteiger partial charge is 0.454 e. The molecule has 0 radical (unpaired) electrons. The smallest absolute Gasteiger partial charge is 0.449 e. The fraction of sp³-hybridized carbons (Fsp3) is 0.556. The molecule has 1 aliphatic heterocycles. The molecule has 0 bridgehead atoms. The summed E-state index contributed by atoms with van der Waals surface area (Å²) in [6.07, 6.45) is -4.85. The highest BCUT2D eigenvalue weighted by Gasteiger charge is 2.35. The predicted molar refractivity (Wildman–Crippen MR) is 45.3 cm³/mol. The van der Waals surface area contributed by atoms with E-state index in [-0.39, 0.29) is 5.76 Å². The Bertz CT molecular complexity index is 328. The van der Waals surface area contributed by atoms with E-state index < -0.39 is 18.0 Å². The Morgan fingerprint density at radius 3 is 2.67 bits per heavy atom. The molecule has 0 amide bonds. The van der Waals surface area contributed by atoms with E-state index in [1.165, 1.54) is 6.07 Å². The van der Waals surface area contributed by atoms with Crippen molar-refractivity contribution in [2.75, 3.05) is 19.7 Å². The SMILES string of the molecule is FC(F)(F)c1ccc(C2CNCCO2)o1. The number of hydrogen-bond donors (Lipinski definition) is 1. The highest BCUT2D eigenvalue weighted by molar-refractivity contribution is 5.12. The molecular weight excluding hydrogens is 211 g/mol. The lowest BCUT2D eigenvalue weighted by atomic mass is 10.2. The second kappa shape index (κ2) is 3.86. The van der Waals surface area contributed by atoms with E-state index >= 15 is 0 Å². The van der Waals surface area contributed by atoms with Gasteiger partial charge in [-0.1, -0.05) is 0 Å². The van der Waals surface area contributed by atoms with Crippen molar-refractivity contribution in [3.05, 3.63) is 23.7 Å². The lowest BCUT2D eigenvalue weighted by Gasteiger charge is -2.21. The standard InChI is InChI=1S/C9H10F3NO2/c10-9(11,12)8-2-1-6(15-8)7-5-13-3-4-14-7/h1-2,7,13H,3-5H2. The van der Waals surface area contributed by atoms with Gasteiger partial charge in [-0.3, -0.25) is 0 Å². The minimum Gasteiger partial charge on any atom is -0.454 e. The van der Waals surface area contributed by atoms with Crippen LogP contribution in [0.1, 0.15) is 17.6 Å². The highest BCUT2D eigenvalue weighted by Crippen LogP contribution is 2.32. The molecule has 2 rings (SSSR count). The maximum absolute atomic E-state index is 12.2. The molecule has 0 aromatic carbocycles. The van der Waals surface area contributed by atoms with Crippen LogP contribution in [0.3, 0.4) is 0 Å². The minimum absolute atomic E-state index is 0.217. The minimum atomic E-state index is -4.43. The number of nitrogens with one attached hydrogen (secondary N) is 1. The molecule has 6 heteroatoms. The first kappa shape index (κ1) is 10.5. The maximum Gasteiger partial charge on any atom is 0.449 e. The van der Waals surface area contributed by atoms with Gasteiger partial charge in [-0.15, -0.1) is 0 Å². The summed E-state index contributed by atoms with van der Waals surface area (Å²) in [5.74, 6) is -0.763. The number of morpholine rings is 1. The van der Waals surface area contributed by atoms with Gasteiger partial charge in [0.2, 0.25) is 5.76 Å².